The number of nitrogens with one attached hydrogen (secondary N) is 1. The van der Waals surface area contributed by atoms with Crippen molar-refractivity contribution in [2.45, 2.75) is 56.5 Å². The first-order chi connectivity index (χ1) is 21.1. The maximum absolute atomic E-state index is 16.9. The summed E-state index contributed by atoms with van der Waals surface area (Å²) < 4.78 is 38.4. The highest BCUT2D eigenvalue weighted by Crippen LogP contribution is 2.42. The van der Waals surface area contributed by atoms with E-state index in [0.29, 0.717) is 40.7 Å². The van der Waals surface area contributed by atoms with Crippen molar-refractivity contribution in [1.82, 2.24) is 25.2 Å². The Balaban J connectivity index is 1.32. The largest absolute Gasteiger partial charge is 0.461 e. The van der Waals surface area contributed by atoms with Crippen LogP contribution in [0, 0.1) is 24.0 Å². The molecular formula is C34H34F2N6O. The average Bonchev–Trinajstić information content (AvgIpc) is 3.57. The number of nitrogens with zero attached hydrogens (tertiary/aromatic N) is 5. The SMILES string of the molecule is C#CCc1c(F)ccc2cccc(-c3nc4c5c(nc(OCC67CCCN6CCC7)nc5c3F)N3CCNCC3CC4)c12. The topological polar surface area (TPSA) is 66.4 Å². The van der Waals surface area contributed by atoms with Gasteiger partial charge in [-0.15, -0.1) is 12.3 Å². The molecule has 1 atom stereocenters. The average molecular weight is 581 g/mol. The minimum atomic E-state index is -0.550. The molecule has 3 fully saturated rings. The van der Waals surface area contributed by atoms with Gasteiger partial charge in [0.2, 0.25) is 0 Å². The zero-order valence-electron chi connectivity index (χ0n) is 24.1. The highest BCUT2D eigenvalue weighted by molar-refractivity contribution is 6.02. The summed E-state index contributed by atoms with van der Waals surface area (Å²) >= 11 is 0. The number of hydrogen-bond acceptors (Lipinski definition) is 7. The minimum absolute atomic E-state index is 0.0115. The molecule has 9 heteroatoms. The number of rotatable bonds is 5. The summed E-state index contributed by atoms with van der Waals surface area (Å²) in [6, 6.07) is 9.05. The molecule has 220 valence electrons. The van der Waals surface area contributed by atoms with E-state index in [0.717, 1.165) is 75.9 Å². The lowest BCUT2D eigenvalue weighted by atomic mass is 9.94. The second-order valence-electron chi connectivity index (χ2n) is 12.4. The number of piperazine rings is 1. The van der Waals surface area contributed by atoms with Crippen molar-refractivity contribution in [2.24, 2.45) is 0 Å². The van der Waals surface area contributed by atoms with Crippen molar-refractivity contribution in [3.05, 3.63) is 53.2 Å². The third kappa shape index (κ3) is 4.26. The molecule has 0 spiro atoms. The molecule has 0 aliphatic carbocycles. The molecular weight excluding hydrogens is 546 g/mol. The second-order valence-corrected chi connectivity index (χ2v) is 12.4. The van der Waals surface area contributed by atoms with E-state index >= 15 is 8.78 Å². The fourth-order valence-electron chi connectivity index (χ4n) is 8.00. The van der Waals surface area contributed by atoms with Crippen LogP contribution in [0.4, 0.5) is 14.6 Å². The number of aromatic nitrogens is 3. The Morgan fingerprint density at radius 2 is 1.91 bits per heavy atom. The third-order valence-corrected chi connectivity index (χ3v) is 10.1. The molecule has 0 bridgehead atoms. The standard InChI is InChI=1S/C34H34F2N6O/c1-2-6-23-25(35)11-9-21-7-3-8-24(27(21)23)30-29(36)31-28-26(38-30)12-10-22-19-37-15-18-42(22)32(28)40-33(39-31)43-20-34-13-4-16-41(34)17-5-14-34/h1,3,7-9,11,22,37H,4-6,10,12-20H2. The lowest BCUT2D eigenvalue weighted by molar-refractivity contribution is 0.108. The molecule has 4 aliphatic rings. The molecule has 7 nitrogen and oxygen atoms in total. The number of benzene rings is 2. The van der Waals surface area contributed by atoms with Crippen LogP contribution < -0.4 is 15.0 Å². The molecule has 4 aromatic rings. The summed E-state index contributed by atoms with van der Waals surface area (Å²) in [6.07, 6.45) is 11.7. The van der Waals surface area contributed by atoms with Crippen LogP contribution in [-0.4, -0.2) is 70.8 Å². The number of fused-ring (bicyclic) bond motifs is 4. The molecule has 1 N–H and O–H groups in total. The summed E-state index contributed by atoms with van der Waals surface area (Å²) in [5.41, 5.74) is 2.01. The zero-order chi connectivity index (χ0) is 29.1. The Kier molecular flexibility index (Phi) is 6.46. The van der Waals surface area contributed by atoms with Crippen molar-refractivity contribution in [2.75, 3.05) is 44.2 Å². The first-order valence-corrected chi connectivity index (χ1v) is 15.5. The van der Waals surface area contributed by atoms with Gasteiger partial charge in [-0.1, -0.05) is 24.3 Å². The molecule has 2 aromatic carbocycles. The number of halogens is 2. The molecule has 43 heavy (non-hydrogen) atoms. The van der Waals surface area contributed by atoms with Gasteiger partial charge in [0.25, 0.3) is 0 Å². The quantitative estimate of drug-likeness (QED) is 0.332. The van der Waals surface area contributed by atoms with Gasteiger partial charge >= 0.3 is 6.01 Å². The van der Waals surface area contributed by atoms with E-state index in [9.17, 15) is 0 Å². The van der Waals surface area contributed by atoms with Crippen LogP contribution in [0.5, 0.6) is 6.01 Å². The maximum atomic E-state index is 16.9. The molecule has 0 saturated carbocycles. The fourth-order valence-corrected chi connectivity index (χ4v) is 8.00. The van der Waals surface area contributed by atoms with Crippen LogP contribution in [0.3, 0.4) is 0 Å². The summed E-state index contributed by atoms with van der Waals surface area (Å²) in [5.74, 6) is 2.31. The number of aryl methyl sites for hydroxylation is 1. The molecule has 1 unspecified atom stereocenters. The Morgan fingerprint density at radius 3 is 2.74 bits per heavy atom. The smallest absolute Gasteiger partial charge is 0.319 e. The molecule has 3 saturated heterocycles. The Bertz CT molecular complexity index is 1790. The van der Waals surface area contributed by atoms with Crippen LogP contribution in [0.1, 0.15) is 43.4 Å². The summed E-state index contributed by atoms with van der Waals surface area (Å²) in [6.45, 7) is 5.08. The Morgan fingerprint density at radius 1 is 1.05 bits per heavy atom. The Labute approximate surface area is 249 Å². The predicted molar refractivity (Wildman–Crippen MR) is 163 cm³/mol. The summed E-state index contributed by atoms with van der Waals surface area (Å²) in [5, 5.41) is 5.51. The van der Waals surface area contributed by atoms with Crippen LogP contribution in [0.15, 0.2) is 30.3 Å². The van der Waals surface area contributed by atoms with Crippen LogP contribution in [0.2, 0.25) is 0 Å². The predicted octanol–water partition coefficient (Wildman–Crippen LogP) is 5.03. The van der Waals surface area contributed by atoms with E-state index in [1.165, 1.54) is 6.07 Å². The number of terminal acetylenes is 1. The monoisotopic (exact) mass is 580 g/mol. The number of hydrogen-bond donors (Lipinski definition) is 1. The van der Waals surface area contributed by atoms with E-state index in [1.54, 1.807) is 12.1 Å². The van der Waals surface area contributed by atoms with Crippen molar-refractivity contribution in [3.8, 4) is 29.6 Å². The van der Waals surface area contributed by atoms with Crippen molar-refractivity contribution < 1.29 is 13.5 Å². The zero-order valence-corrected chi connectivity index (χ0v) is 24.1. The first kappa shape index (κ1) is 26.7. The molecule has 0 amide bonds. The number of pyridine rings is 1. The van der Waals surface area contributed by atoms with E-state index in [4.69, 9.17) is 26.1 Å². The van der Waals surface area contributed by atoms with Gasteiger partial charge in [0, 0.05) is 43.2 Å². The van der Waals surface area contributed by atoms with Gasteiger partial charge in [0.1, 0.15) is 29.5 Å². The summed E-state index contributed by atoms with van der Waals surface area (Å²) in [7, 11) is 0. The summed E-state index contributed by atoms with van der Waals surface area (Å²) in [4.78, 5) is 19.5. The van der Waals surface area contributed by atoms with Gasteiger partial charge in [-0.3, -0.25) is 4.90 Å². The lowest BCUT2D eigenvalue weighted by Gasteiger charge is -2.36. The maximum Gasteiger partial charge on any atom is 0.319 e. The van der Waals surface area contributed by atoms with Crippen molar-refractivity contribution in [1.29, 1.82) is 0 Å². The molecule has 2 aromatic heterocycles. The van der Waals surface area contributed by atoms with E-state index in [1.807, 2.05) is 12.1 Å². The number of ether oxygens (including phenoxy) is 1. The Hall–Kier alpha value is -3.87. The normalized spacial score (nSPS) is 21.0. The highest BCUT2D eigenvalue weighted by Gasteiger charge is 2.45. The highest BCUT2D eigenvalue weighted by atomic mass is 19.1. The van der Waals surface area contributed by atoms with Gasteiger partial charge in [-0.2, -0.15) is 9.97 Å². The van der Waals surface area contributed by atoms with Gasteiger partial charge in [-0.05, 0) is 68.5 Å². The first-order valence-electron chi connectivity index (χ1n) is 15.5. The van der Waals surface area contributed by atoms with Crippen molar-refractivity contribution >= 4 is 27.5 Å². The molecule has 6 heterocycles. The molecule has 8 rings (SSSR count). The van der Waals surface area contributed by atoms with E-state index in [2.05, 4.69) is 21.0 Å². The van der Waals surface area contributed by atoms with E-state index < -0.39 is 11.6 Å². The third-order valence-electron chi connectivity index (χ3n) is 10.1. The molecule has 4 aliphatic heterocycles. The van der Waals surface area contributed by atoms with E-state index in [-0.39, 0.29) is 35.2 Å². The fraction of sp³-hybridized carbons (Fsp3) is 0.441. The second kappa shape index (κ2) is 10.4. The van der Waals surface area contributed by atoms with Gasteiger partial charge in [0.15, 0.2) is 5.82 Å². The van der Waals surface area contributed by atoms with Gasteiger partial charge in [-0.25, -0.2) is 13.8 Å². The minimum Gasteiger partial charge on any atom is -0.461 e. The van der Waals surface area contributed by atoms with Crippen LogP contribution in [-0.2, 0) is 12.8 Å². The van der Waals surface area contributed by atoms with Crippen LogP contribution in [0.25, 0.3) is 32.9 Å². The van der Waals surface area contributed by atoms with Gasteiger partial charge in [0.05, 0.1) is 16.6 Å². The van der Waals surface area contributed by atoms with Gasteiger partial charge < -0.3 is 15.0 Å². The van der Waals surface area contributed by atoms with Crippen molar-refractivity contribution in [3.63, 3.8) is 0 Å². The van der Waals surface area contributed by atoms with Crippen LogP contribution >= 0.6 is 0 Å². The number of anilines is 1. The molecule has 0 radical (unpaired) electrons. The lowest BCUT2D eigenvalue weighted by Crippen LogP contribution is -2.51.